The van der Waals surface area contributed by atoms with Crippen LogP contribution in [0.2, 0.25) is 0 Å². The summed E-state index contributed by atoms with van der Waals surface area (Å²) >= 11 is 1.58. The molecule has 0 radical (unpaired) electrons. The van der Waals surface area contributed by atoms with Crippen molar-refractivity contribution in [1.82, 2.24) is 5.32 Å². The Kier molecular flexibility index (Phi) is 4.24. The van der Waals surface area contributed by atoms with E-state index in [4.69, 9.17) is 0 Å². The lowest BCUT2D eigenvalue weighted by atomic mass is 10.1. The van der Waals surface area contributed by atoms with Crippen LogP contribution in [-0.4, -0.2) is 29.3 Å². The molecule has 0 saturated heterocycles. The number of rotatable bonds is 4. The predicted octanol–water partition coefficient (Wildman–Crippen LogP) is 2.65. The Bertz CT molecular complexity index is 702. The van der Waals surface area contributed by atoms with E-state index in [1.807, 2.05) is 31.2 Å². The van der Waals surface area contributed by atoms with Crippen LogP contribution >= 0.6 is 11.8 Å². The maximum Gasteiger partial charge on any atom is 0.251 e. The van der Waals surface area contributed by atoms with Gasteiger partial charge in [0.25, 0.3) is 5.91 Å². The molecule has 5 heteroatoms. The standard InChI is InChI=1S/C17H16N2O2S/c1-11-2-4-12(5-3-11)17(21)18-9-8-16-19-14-7-6-13(20)10-15(14)22-16/h2-7,10,16H,8-9H2,1H3,(H,18,21). The minimum absolute atomic E-state index is 0.00905. The summed E-state index contributed by atoms with van der Waals surface area (Å²) in [7, 11) is 0. The fourth-order valence-corrected chi connectivity index (χ4v) is 3.38. The van der Waals surface area contributed by atoms with Crippen molar-refractivity contribution in [1.29, 1.82) is 0 Å². The van der Waals surface area contributed by atoms with Gasteiger partial charge in [0.1, 0.15) is 5.37 Å². The number of aliphatic imine (C=N–C) groups is 1. The van der Waals surface area contributed by atoms with Crippen molar-refractivity contribution < 1.29 is 9.59 Å². The highest BCUT2D eigenvalue weighted by molar-refractivity contribution is 8.05. The van der Waals surface area contributed by atoms with Gasteiger partial charge in [-0.2, -0.15) is 0 Å². The van der Waals surface area contributed by atoms with E-state index >= 15 is 0 Å². The topological polar surface area (TPSA) is 58.5 Å². The first-order valence-corrected chi connectivity index (χ1v) is 8.03. The number of carbonyl (C=O) groups is 2. The Balaban J connectivity index is 1.50. The van der Waals surface area contributed by atoms with Crippen molar-refractivity contribution in [2.75, 3.05) is 6.54 Å². The Morgan fingerprint density at radius 3 is 2.82 bits per heavy atom. The molecule has 1 aromatic carbocycles. The molecule has 22 heavy (non-hydrogen) atoms. The van der Waals surface area contributed by atoms with Gasteiger partial charge < -0.3 is 5.32 Å². The van der Waals surface area contributed by atoms with Crippen molar-refractivity contribution in [2.45, 2.75) is 18.7 Å². The zero-order chi connectivity index (χ0) is 15.5. The normalized spacial score (nSPS) is 19.5. The molecular weight excluding hydrogens is 296 g/mol. The van der Waals surface area contributed by atoms with E-state index in [1.54, 1.807) is 23.9 Å². The molecule has 4 nitrogen and oxygen atoms in total. The number of hydrogen-bond donors (Lipinski definition) is 1. The second-order valence-electron chi connectivity index (χ2n) is 5.24. The first kappa shape index (κ1) is 14.8. The van der Waals surface area contributed by atoms with Gasteiger partial charge in [-0.1, -0.05) is 29.5 Å². The second kappa shape index (κ2) is 6.32. The summed E-state index contributed by atoms with van der Waals surface area (Å²) in [5.74, 6) is -0.0582. The van der Waals surface area contributed by atoms with Crippen LogP contribution in [0, 0.1) is 6.92 Å². The van der Waals surface area contributed by atoms with Gasteiger partial charge in [-0.25, -0.2) is 0 Å². The number of carbonyl (C=O) groups excluding carboxylic acids is 2. The Hall–Kier alpha value is -2.14. The van der Waals surface area contributed by atoms with E-state index in [1.165, 1.54) is 6.08 Å². The fourth-order valence-electron chi connectivity index (χ4n) is 2.26. The van der Waals surface area contributed by atoms with Gasteiger partial charge in [0, 0.05) is 23.1 Å². The van der Waals surface area contributed by atoms with Crippen LogP contribution in [0.3, 0.4) is 0 Å². The molecule has 0 aromatic heterocycles. The molecule has 0 bridgehead atoms. The number of benzene rings is 1. The van der Waals surface area contributed by atoms with Crippen LogP contribution in [0.4, 0.5) is 0 Å². The Morgan fingerprint density at radius 1 is 1.27 bits per heavy atom. The highest BCUT2D eigenvalue weighted by Gasteiger charge is 2.24. The number of hydrogen-bond acceptors (Lipinski definition) is 4. The van der Waals surface area contributed by atoms with Gasteiger partial charge in [0.05, 0.1) is 5.71 Å². The molecule has 1 unspecified atom stereocenters. The Labute approximate surface area is 133 Å². The number of thioether (sulfide) groups is 1. The van der Waals surface area contributed by atoms with E-state index in [0.717, 1.165) is 22.6 Å². The summed E-state index contributed by atoms with van der Waals surface area (Å²) in [6.07, 6.45) is 5.65. The smallest absolute Gasteiger partial charge is 0.251 e. The molecular formula is C17H16N2O2S. The van der Waals surface area contributed by atoms with Crippen LogP contribution < -0.4 is 5.32 Å². The SMILES string of the molecule is Cc1ccc(C(=O)NCCC2N=C3C=CC(=O)C=C3S2)cc1. The predicted molar refractivity (Wildman–Crippen MR) is 89.2 cm³/mol. The summed E-state index contributed by atoms with van der Waals surface area (Å²) in [6.45, 7) is 2.55. The van der Waals surface area contributed by atoms with Crippen molar-refractivity contribution >= 4 is 29.2 Å². The van der Waals surface area contributed by atoms with E-state index < -0.39 is 0 Å². The molecule has 1 aromatic rings. The summed E-state index contributed by atoms with van der Waals surface area (Å²) in [6, 6.07) is 7.50. The number of amides is 1. The van der Waals surface area contributed by atoms with Crippen molar-refractivity contribution in [3.8, 4) is 0 Å². The number of allylic oxidation sites excluding steroid dienone is 4. The molecule has 1 N–H and O–H groups in total. The number of fused-ring (bicyclic) bond motifs is 1. The third-order valence-electron chi connectivity index (χ3n) is 3.47. The Morgan fingerprint density at radius 2 is 2.05 bits per heavy atom. The van der Waals surface area contributed by atoms with E-state index in [2.05, 4.69) is 10.3 Å². The van der Waals surface area contributed by atoms with Crippen LogP contribution in [0.1, 0.15) is 22.3 Å². The van der Waals surface area contributed by atoms with Crippen LogP contribution in [0.5, 0.6) is 0 Å². The van der Waals surface area contributed by atoms with Gasteiger partial charge in [-0.15, -0.1) is 0 Å². The van der Waals surface area contributed by atoms with Crippen molar-refractivity contribution in [3.63, 3.8) is 0 Å². The van der Waals surface area contributed by atoms with E-state index in [9.17, 15) is 9.59 Å². The average molecular weight is 312 g/mol. The largest absolute Gasteiger partial charge is 0.352 e. The monoisotopic (exact) mass is 312 g/mol. The van der Waals surface area contributed by atoms with Crippen molar-refractivity contribution in [2.24, 2.45) is 4.99 Å². The zero-order valence-corrected chi connectivity index (χ0v) is 13.0. The lowest BCUT2D eigenvalue weighted by Crippen LogP contribution is -2.25. The maximum atomic E-state index is 12.0. The molecule has 1 heterocycles. The first-order valence-electron chi connectivity index (χ1n) is 7.15. The van der Waals surface area contributed by atoms with Gasteiger partial charge in [0.15, 0.2) is 5.78 Å². The molecule has 2 aliphatic rings. The molecule has 1 amide bonds. The molecule has 0 fully saturated rings. The van der Waals surface area contributed by atoms with E-state index in [0.29, 0.717) is 12.1 Å². The average Bonchev–Trinajstić information content (AvgIpc) is 2.89. The number of nitrogens with zero attached hydrogens (tertiary/aromatic N) is 1. The first-order chi connectivity index (χ1) is 10.6. The third kappa shape index (κ3) is 3.36. The molecule has 0 spiro atoms. The van der Waals surface area contributed by atoms with Crippen LogP contribution in [0.15, 0.2) is 52.4 Å². The van der Waals surface area contributed by atoms with Crippen LogP contribution in [-0.2, 0) is 4.79 Å². The molecule has 1 aliphatic heterocycles. The molecule has 1 aliphatic carbocycles. The minimum Gasteiger partial charge on any atom is -0.352 e. The summed E-state index contributed by atoms with van der Waals surface area (Å²) in [5.41, 5.74) is 2.67. The molecule has 1 atom stereocenters. The highest BCUT2D eigenvalue weighted by Crippen LogP contribution is 2.34. The van der Waals surface area contributed by atoms with Gasteiger partial charge in [-0.3, -0.25) is 14.6 Å². The number of ketones is 1. The fraction of sp³-hybridized carbons (Fsp3) is 0.235. The molecule has 112 valence electrons. The quantitative estimate of drug-likeness (QED) is 0.870. The second-order valence-corrected chi connectivity index (χ2v) is 6.46. The zero-order valence-electron chi connectivity index (χ0n) is 12.2. The van der Waals surface area contributed by atoms with Gasteiger partial charge in [-0.05, 0) is 37.6 Å². The summed E-state index contributed by atoms with van der Waals surface area (Å²) in [5, 5.41) is 2.97. The lowest BCUT2D eigenvalue weighted by molar-refractivity contribution is -0.110. The van der Waals surface area contributed by atoms with Crippen molar-refractivity contribution in [3.05, 3.63) is 58.5 Å². The highest BCUT2D eigenvalue weighted by atomic mass is 32.2. The lowest BCUT2D eigenvalue weighted by Gasteiger charge is -2.08. The molecule has 3 rings (SSSR count). The molecule has 0 saturated carbocycles. The summed E-state index contributed by atoms with van der Waals surface area (Å²) in [4.78, 5) is 28.8. The van der Waals surface area contributed by atoms with Crippen LogP contribution in [0.25, 0.3) is 0 Å². The summed E-state index contributed by atoms with van der Waals surface area (Å²) < 4.78 is 0. The van der Waals surface area contributed by atoms with Gasteiger partial charge in [0.2, 0.25) is 0 Å². The maximum absolute atomic E-state index is 12.0. The van der Waals surface area contributed by atoms with Gasteiger partial charge >= 0.3 is 0 Å². The van der Waals surface area contributed by atoms with E-state index in [-0.39, 0.29) is 17.1 Å². The number of nitrogens with one attached hydrogen (secondary N) is 1. The number of aryl methyl sites for hydroxylation is 1. The third-order valence-corrected chi connectivity index (χ3v) is 4.66. The minimum atomic E-state index is -0.0673.